The van der Waals surface area contributed by atoms with Gasteiger partial charge in [-0.1, -0.05) is 15.9 Å². The number of hydrogen-bond acceptors (Lipinski definition) is 4. The van der Waals surface area contributed by atoms with Crippen LogP contribution in [0.4, 0.5) is 0 Å². The quantitative estimate of drug-likeness (QED) is 0.684. The number of benzene rings is 1. The van der Waals surface area contributed by atoms with E-state index >= 15 is 0 Å². The van der Waals surface area contributed by atoms with Gasteiger partial charge in [0.05, 0.1) is 24.7 Å². The van der Waals surface area contributed by atoms with Gasteiger partial charge < -0.3 is 9.84 Å². The van der Waals surface area contributed by atoms with Gasteiger partial charge in [-0.15, -0.1) is 0 Å². The summed E-state index contributed by atoms with van der Waals surface area (Å²) in [5, 5.41) is 19.0. The highest BCUT2D eigenvalue weighted by atomic mass is 79.9. The van der Waals surface area contributed by atoms with Crippen LogP contribution >= 0.6 is 15.9 Å². The van der Waals surface area contributed by atoms with Crippen molar-refractivity contribution in [3.63, 3.8) is 0 Å². The normalized spacial score (nSPS) is 9.71. The number of hydrogen-bond donors (Lipinski definition) is 1. The molecule has 5 heteroatoms. The number of nitrogens with zero attached hydrogens (tertiary/aromatic N) is 1. The van der Waals surface area contributed by atoms with Gasteiger partial charge in [0.2, 0.25) is 0 Å². The molecular formula is C12H12BrNO3. The van der Waals surface area contributed by atoms with Crippen molar-refractivity contribution in [2.24, 2.45) is 0 Å². The standard InChI is InChI=1S/C12H12BrNO3/c1-2-17-12(16)5-8-3-9(7-14)10(6-13)11(15)4-8/h3-4,15H,2,5-6H2,1H3. The molecule has 0 radical (unpaired) electrons. The molecule has 17 heavy (non-hydrogen) atoms. The molecule has 0 heterocycles. The predicted molar refractivity (Wildman–Crippen MR) is 65.8 cm³/mol. The van der Waals surface area contributed by atoms with Crippen LogP contribution in [0.2, 0.25) is 0 Å². The van der Waals surface area contributed by atoms with Crippen LogP contribution in [0.5, 0.6) is 5.75 Å². The zero-order valence-electron chi connectivity index (χ0n) is 9.36. The molecule has 0 aromatic heterocycles. The lowest BCUT2D eigenvalue weighted by atomic mass is 10.0. The van der Waals surface area contributed by atoms with E-state index < -0.39 is 0 Å². The zero-order chi connectivity index (χ0) is 12.8. The second-order valence-corrected chi connectivity index (χ2v) is 3.93. The van der Waals surface area contributed by atoms with Gasteiger partial charge in [0.1, 0.15) is 5.75 Å². The smallest absolute Gasteiger partial charge is 0.310 e. The average Bonchev–Trinajstić information content (AvgIpc) is 2.28. The lowest BCUT2D eigenvalue weighted by Crippen LogP contribution is -2.08. The molecule has 1 aromatic rings. The summed E-state index contributed by atoms with van der Waals surface area (Å²) in [5.41, 5.74) is 1.46. The summed E-state index contributed by atoms with van der Waals surface area (Å²) >= 11 is 3.20. The Morgan fingerprint density at radius 3 is 2.82 bits per heavy atom. The third-order valence-electron chi connectivity index (χ3n) is 2.19. The summed E-state index contributed by atoms with van der Waals surface area (Å²) in [5.74, 6) is -0.359. The van der Waals surface area contributed by atoms with Crippen LogP contribution in [0.25, 0.3) is 0 Å². The van der Waals surface area contributed by atoms with Gasteiger partial charge in [-0.25, -0.2) is 0 Å². The highest BCUT2D eigenvalue weighted by Gasteiger charge is 2.11. The Bertz CT molecular complexity index is 466. The summed E-state index contributed by atoms with van der Waals surface area (Å²) in [6.45, 7) is 2.04. The van der Waals surface area contributed by atoms with Crippen molar-refractivity contribution in [2.45, 2.75) is 18.7 Å². The first-order chi connectivity index (χ1) is 8.12. The van der Waals surface area contributed by atoms with Gasteiger partial charge in [-0.3, -0.25) is 4.79 Å². The fraction of sp³-hybridized carbons (Fsp3) is 0.333. The Balaban J connectivity index is 3.00. The van der Waals surface area contributed by atoms with E-state index in [-0.39, 0.29) is 18.1 Å². The third-order valence-corrected chi connectivity index (χ3v) is 2.75. The molecular weight excluding hydrogens is 286 g/mol. The van der Waals surface area contributed by atoms with E-state index in [1.807, 2.05) is 6.07 Å². The van der Waals surface area contributed by atoms with Gasteiger partial charge in [0.15, 0.2) is 0 Å². The molecule has 4 nitrogen and oxygen atoms in total. The number of esters is 1. The zero-order valence-corrected chi connectivity index (χ0v) is 11.0. The molecule has 1 aromatic carbocycles. The Labute approximate surface area is 108 Å². The first kappa shape index (κ1) is 13.5. The maximum Gasteiger partial charge on any atom is 0.310 e. The van der Waals surface area contributed by atoms with Crippen LogP contribution < -0.4 is 0 Å². The maximum absolute atomic E-state index is 11.3. The lowest BCUT2D eigenvalue weighted by molar-refractivity contribution is -0.142. The summed E-state index contributed by atoms with van der Waals surface area (Å²) in [4.78, 5) is 11.3. The first-order valence-electron chi connectivity index (χ1n) is 5.08. The second-order valence-electron chi connectivity index (χ2n) is 3.37. The summed E-state index contributed by atoms with van der Waals surface area (Å²) < 4.78 is 4.80. The monoisotopic (exact) mass is 297 g/mol. The molecule has 0 fully saturated rings. The Morgan fingerprint density at radius 1 is 1.59 bits per heavy atom. The molecule has 0 unspecified atom stereocenters. The fourth-order valence-corrected chi connectivity index (χ4v) is 2.03. The number of phenols is 1. The first-order valence-corrected chi connectivity index (χ1v) is 6.21. The average molecular weight is 298 g/mol. The number of carbonyl (C=O) groups is 1. The number of phenolic OH excluding ortho intramolecular Hbond substituents is 1. The minimum absolute atomic E-state index is 0.0141. The highest BCUT2D eigenvalue weighted by molar-refractivity contribution is 9.08. The highest BCUT2D eigenvalue weighted by Crippen LogP contribution is 2.25. The minimum atomic E-state index is -0.373. The number of ether oxygens (including phenoxy) is 1. The molecule has 0 aliphatic carbocycles. The van der Waals surface area contributed by atoms with Crippen molar-refractivity contribution < 1.29 is 14.6 Å². The molecule has 0 spiro atoms. The van der Waals surface area contributed by atoms with Crippen molar-refractivity contribution in [3.8, 4) is 11.8 Å². The van der Waals surface area contributed by atoms with Crippen molar-refractivity contribution in [1.82, 2.24) is 0 Å². The van der Waals surface area contributed by atoms with Crippen molar-refractivity contribution in [1.29, 1.82) is 5.26 Å². The maximum atomic E-state index is 11.3. The summed E-state index contributed by atoms with van der Waals surface area (Å²) in [6.07, 6.45) is 0.0542. The van der Waals surface area contributed by atoms with Gasteiger partial charge in [-0.2, -0.15) is 5.26 Å². The Kier molecular flexibility index (Phi) is 4.98. The van der Waals surface area contributed by atoms with Gasteiger partial charge in [-0.05, 0) is 24.6 Å². The number of alkyl halides is 1. The largest absolute Gasteiger partial charge is 0.508 e. The van der Waals surface area contributed by atoms with Crippen LogP contribution in [0.3, 0.4) is 0 Å². The lowest BCUT2D eigenvalue weighted by Gasteiger charge is -2.07. The van der Waals surface area contributed by atoms with Crippen LogP contribution in [0.1, 0.15) is 23.6 Å². The van der Waals surface area contributed by atoms with Crippen LogP contribution in [-0.4, -0.2) is 17.7 Å². The molecule has 1 rings (SSSR count). The molecule has 0 atom stereocenters. The number of halogens is 1. The van der Waals surface area contributed by atoms with Gasteiger partial charge >= 0.3 is 5.97 Å². The predicted octanol–water partition coefficient (Wildman–Crippen LogP) is 2.26. The molecule has 0 aliphatic rings. The van der Waals surface area contributed by atoms with Crippen molar-refractivity contribution in [2.75, 3.05) is 6.61 Å². The van der Waals surface area contributed by atoms with E-state index in [2.05, 4.69) is 15.9 Å². The van der Waals surface area contributed by atoms with Gasteiger partial charge in [0.25, 0.3) is 0 Å². The molecule has 0 aliphatic heterocycles. The van der Waals surface area contributed by atoms with Crippen LogP contribution in [0.15, 0.2) is 12.1 Å². The fourth-order valence-electron chi connectivity index (χ4n) is 1.44. The van der Waals surface area contributed by atoms with E-state index in [0.717, 1.165) is 0 Å². The number of carbonyl (C=O) groups excluding carboxylic acids is 1. The number of nitriles is 1. The molecule has 0 bridgehead atoms. The van der Waals surface area contributed by atoms with Crippen LogP contribution in [0, 0.1) is 11.3 Å². The molecule has 0 saturated carbocycles. The van der Waals surface area contributed by atoms with E-state index in [0.29, 0.717) is 28.6 Å². The van der Waals surface area contributed by atoms with E-state index in [4.69, 9.17) is 10.00 Å². The second kappa shape index (κ2) is 6.26. The molecule has 0 saturated heterocycles. The van der Waals surface area contributed by atoms with Crippen LogP contribution in [-0.2, 0) is 21.3 Å². The SMILES string of the molecule is CCOC(=O)Cc1cc(O)c(CBr)c(C#N)c1. The molecule has 90 valence electrons. The molecule has 0 amide bonds. The van der Waals surface area contributed by atoms with E-state index in [1.165, 1.54) is 6.07 Å². The van der Waals surface area contributed by atoms with E-state index in [9.17, 15) is 9.90 Å². The Morgan fingerprint density at radius 2 is 2.29 bits per heavy atom. The summed E-state index contributed by atoms with van der Waals surface area (Å²) in [7, 11) is 0. The third kappa shape index (κ3) is 3.46. The minimum Gasteiger partial charge on any atom is -0.508 e. The van der Waals surface area contributed by atoms with Crippen molar-refractivity contribution in [3.05, 3.63) is 28.8 Å². The topological polar surface area (TPSA) is 70.3 Å². The van der Waals surface area contributed by atoms with Gasteiger partial charge in [0, 0.05) is 10.9 Å². The number of aromatic hydroxyl groups is 1. The Hall–Kier alpha value is -1.54. The molecule has 1 N–H and O–H groups in total. The van der Waals surface area contributed by atoms with Crippen molar-refractivity contribution >= 4 is 21.9 Å². The summed E-state index contributed by atoms with van der Waals surface area (Å²) in [6, 6.07) is 5.06. The number of rotatable bonds is 4. The van der Waals surface area contributed by atoms with E-state index in [1.54, 1.807) is 13.0 Å².